The fourth-order valence-corrected chi connectivity index (χ4v) is 3.74. The third-order valence-electron chi connectivity index (χ3n) is 5.24. The first-order valence-corrected chi connectivity index (χ1v) is 7.53. The zero-order valence-electron chi connectivity index (χ0n) is 10.9. The summed E-state index contributed by atoms with van der Waals surface area (Å²) in [5.74, 6) is 0.963. The summed E-state index contributed by atoms with van der Waals surface area (Å²) in [5.41, 5.74) is 0.678. The van der Waals surface area contributed by atoms with Crippen LogP contribution < -0.4 is 0 Å². The van der Waals surface area contributed by atoms with E-state index in [9.17, 15) is 4.79 Å². The van der Waals surface area contributed by atoms with Crippen LogP contribution in [0.15, 0.2) is 0 Å². The predicted molar refractivity (Wildman–Crippen MR) is 68.9 cm³/mol. The molecule has 0 aromatic rings. The molecule has 2 nitrogen and oxygen atoms in total. The van der Waals surface area contributed by atoms with E-state index < -0.39 is 0 Å². The van der Waals surface area contributed by atoms with E-state index in [0.29, 0.717) is 17.1 Å². The zero-order chi connectivity index (χ0) is 11.7. The van der Waals surface area contributed by atoms with Gasteiger partial charge < -0.3 is 0 Å². The average Bonchev–Trinajstić information content (AvgIpc) is 3.18. The van der Waals surface area contributed by atoms with E-state index in [1.807, 2.05) is 0 Å². The molecular formula is C15H25NO. The molecule has 0 amide bonds. The fraction of sp³-hybridized carbons (Fsp3) is 0.933. The lowest BCUT2D eigenvalue weighted by Crippen LogP contribution is -2.43. The van der Waals surface area contributed by atoms with Crippen molar-refractivity contribution in [2.24, 2.45) is 11.3 Å². The van der Waals surface area contributed by atoms with Gasteiger partial charge in [-0.2, -0.15) is 0 Å². The third-order valence-corrected chi connectivity index (χ3v) is 5.24. The molecule has 0 N–H and O–H groups in total. The number of Topliss-reactive ketones (excluding diaryl/α,β-unsaturated/α-hetero) is 1. The first-order chi connectivity index (χ1) is 8.27. The molecule has 0 aromatic carbocycles. The van der Waals surface area contributed by atoms with Gasteiger partial charge in [-0.1, -0.05) is 19.3 Å². The molecule has 96 valence electrons. The number of nitrogens with zero attached hydrogens (tertiary/aromatic N) is 1. The number of ketones is 1. The largest absolute Gasteiger partial charge is 0.298 e. The van der Waals surface area contributed by atoms with Crippen molar-refractivity contribution in [3.63, 3.8) is 0 Å². The Balaban J connectivity index is 1.47. The lowest BCUT2D eigenvalue weighted by Gasteiger charge is -2.44. The van der Waals surface area contributed by atoms with E-state index in [1.54, 1.807) is 0 Å². The van der Waals surface area contributed by atoms with Crippen molar-refractivity contribution in [2.45, 2.75) is 57.8 Å². The highest BCUT2D eigenvalue weighted by Crippen LogP contribution is 2.44. The normalized spacial score (nSPS) is 29.4. The molecule has 2 saturated carbocycles. The van der Waals surface area contributed by atoms with Crippen LogP contribution in [0.5, 0.6) is 0 Å². The van der Waals surface area contributed by atoms with Crippen LogP contribution in [0.2, 0.25) is 0 Å². The Labute approximate surface area is 105 Å². The molecule has 2 heteroatoms. The van der Waals surface area contributed by atoms with E-state index in [4.69, 9.17) is 0 Å². The van der Waals surface area contributed by atoms with Gasteiger partial charge in [0, 0.05) is 5.92 Å². The second-order valence-corrected chi connectivity index (χ2v) is 6.58. The standard InChI is InChI=1S/C15H25NO/c17-14(13-4-5-13)12-16-10-8-15(9-11-16)6-2-1-3-7-15/h13H,1-12H2. The van der Waals surface area contributed by atoms with Gasteiger partial charge in [-0.05, 0) is 57.0 Å². The first kappa shape index (κ1) is 11.7. The molecule has 3 fully saturated rings. The molecule has 17 heavy (non-hydrogen) atoms. The van der Waals surface area contributed by atoms with Crippen molar-refractivity contribution >= 4 is 5.78 Å². The van der Waals surface area contributed by atoms with Crippen LogP contribution in [0.3, 0.4) is 0 Å². The zero-order valence-corrected chi connectivity index (χ0v) is 10.9. The van der Waals surface area contributed by atoms with Gasteiger partial charge in [-0.3, -0.25) is 9.69 Å². The van der Waals surface area contributed by atoms with Crippen LogP contribution in [0.25, 0.3) is 0 Å². The van der Waals surface area contributed by atoms with E-state index in [1.165, 1.54) is 58.0 Å². The maximum atomic E-state index is 11.8. The van der Waals surface area contributed by atoms with E-state index in [0.717, 1.165) is 19.4 Å². The summed E-state index contributed by atoms with van der Waals surface area (Å²) in [7, 11) is 0. The van der Waals surface area contributed by atoms with Crippen molar-refractivity contribution < 1.29 is 4.79 Å². The number of piperidine rings is 1. The molecule has 1 heterocycles. The summed E-state index contributed by atoms with van der Waals surface area (Å²) in [6, 6.07) is 0. The summed E-state index contributed by atoms with van der Waals surface area (Å²) in [4.78, 5) is 14.2. The predicted octanol–water partition coefficient (Wildman–Crippen LogP) is 3.01. The lowest BCUT2D eigenvalue weighted by molar-refractivity contribution is -0.122. The molecule has 0 atom stereocenters. The topological polar surface area (TPSA) is 20.3 Å². The first-order valence-electron chi connectivity index (χ1n) is 7.53. The molecule has 0 bridgehead atoms. The average molecular weight is 235 g/mol. The Bertz CT molecular complexity index is 279. The maximum Gasteiger partial charge on any atom is 0.149 e. The molecule has 2 aliphatic carbocycles. The van der Waals surface area contributed by atoms with Crippen molar-refractivity contribution in [3.8, 4) is 0 Å². The Morgan fingerprint density at radius 3 is 2.24 bits per heavy atom. The third kappa shape index (κ3) is 2.73. The van der Waals surface area contributed by atoms with Crippen LogP contribution in [0.4, 0.5) is 0 Å². The van der Waals surface area contributed by atoms with Crippen LogP contribution in [0, 0.1) is 11.3 Å². The molecule has 3 rings (SSSR count). The van der Waals surface area contributed by atoms with Crippen molar-refractivity contribution in [3.05, 3.63) is 0 Å². The van der Waals surface area contributed by atoms with Crippen LogP contribution in [0.1, 0.15) is 57.8 Å². The monoisotopic (exact) mass is 235 g/mol. The molecular weight excluding hydrogens is 210 g/mol. The van der Waals surface area contributed by atoms with Crippen molar-refractivity contribution in [1.29, 1.82) is 0 Å². The van der Waals surface area contributed by atoms with Gasteiger partial charge in [0.2, 0.25) is 0 Å². The second kappa shape index (κ2) is 4.72. The fourth-order valence-electron chi connectivity index (χ4n) is 3.74. The summed E-state index contributed by atoms with van der Waals surface area (Å²) in [6.07, 6.45) is 12.3. The summed E-state index contributed by atoms with van der Waals surface area (Å²) in [5, 5.41) is 0. The van der Waals surface area contributed by atoms with Gasteiger partial charge in [0.15, 0.2) is 0 Å². The van der Waals surface area contributed by atoms with Gasteiger partial charge in [-0.25, -0.2) is 0 Å². The Hall–Kier alpha value is -0.370. The summed E-state index contributed by atoms with van der Waals surface area (Å²) in [6.45, 7) is 3.11. The molecule has 0 unspecified atom stereocenters. The quantitative estimate of drug-likeness (QED) is 0.749. The number of hydrogen-bond donors (Lipinski definition) is 0. The van der Waals surface area contributed by atoms with Gasteiger partial charge >= 0.3 is 0 Å². The summed E-state index contributed by atoms with van der Waals surface area (Å²) < 4.78 is 0. The maximum absolute atomic E-state index is 11.8. The molecule has 1 spiro atoms. The SMILES string of the molecule is O=C(CN1CCC2(CCCCC2)CC1)C1CC1. The Morgan fingerprint density at radius 1 is 1.00 bits per heavy atom. The molecule has 0 aromatic heterocycles. The molecule has 1 aliphatic heterocycles. The number of carbonyl (C=O) groups excluding carboxylic acids is 1. The van der Waals surface area contributed by atoms with Gasteiger partial charge in [0.05, 0.1) is 6.54 Å². The number of carbonyl (C=O) groups is 1. The number of likely N-dealkylation sites (tertiary alicyclic amines) is 1. The van der Waals surface area contributed by atoms with Gasteiger partial charge in [0.1, 0.15) is 5.78 Å². The van der Waals surface area contributed by atoms with Crippen LogP contribution >= 0.6 is 0 Å². The van der Waals surface area contributed by atoms with Crippen LogP contribution in [-0.4, -0.2) is 30.3 Å². The van der Waals surface area contributed by atoms with Crippen LogP contribution in [-0.2, 0) is 4.79 Å². The minimum Gasteiger partial charge on any atom is -0.298 e. The highest BCUT2D eigenvalue weighted by Gasteiger charge is 2.37. The number of hydrogen-bond acceptors (Lipinski definition) is 2. The van der Waals surface area contributed by atoms with E-state index in [2.05, 4.69) is 4.90 Å². The molecule has 0 radical (unpaired) electrons. The minimum atomic E-state index is 0.445. The Kier molecular flexibility index (Phi) is 3.25. The molecule has 3 aliphatic rings. The number of rotatable bonds is 3. The smallest absolute Gasteiger partial charge is 0.149 e. The van der Waals surface area contributed by atoms with E-state index in [-0.39, 0.29) is 0 Å². The van der Waals surface area contributed by atoms with Crippen molar-refractivity contribution in [1.82, 2.24) is 4.90 Å². The summed E-state index contributed by atoms with van der Waals surface area (Å²) >= 11 is 0. The van der Waals surface area contributed by atoms with Crippen molar-refractivity contribution in [2.75, 3.05) is 19.6 Å². The van der Waals surface area contributed by atoms with Gasteiger partial charge in [-0.15, -0.1) is 0 Å². The second-order valence-electron chi connectivity index (χ2n) is 6.58. The Morgan fingerprint density at radius 2 is 1.65 bits per heavy atom. The highest BCUT2D eigenvalue weighted by atomic mass is 16.1. The lowest BCUT2D eigenvalue weighted by atomic mass is 9.68. The van der Waals surface area contributed by atoms with E-state index >= 15 is 0 Å². The van der Waals surface area contributed by atoms with Gasteiger partial charge in [0.25, 0.3) is 0 Å². The minimum absolute atomic E-state index is 0.445. The highest BCUT2D eigenvalue weighted by molar-refractivity contribution is 5.84. The molecule has 1 saturated heterocycles.